The Balaban J connectivity index is 1.46. The first kappa shape index (κ1) is 26.4. The monoisotopic (exact) mass is 583 g/mol. The number of imidazole rings is 1. The number of aromatic nitrogens is 4. The first-order valence-corrected chi connectivity index (χ1v) is 15.5. The van der Waals surface area contributed by atoms with Crippen molar-refractivity contribution < 1.29 is 46.9 Å². The van der Waals surface area contributed by atoms with Crippen molar-refractivity contribution in [3.8, 4) is 12.3 Å². The van der Waals surface area contributed by atoms with Crippen molar-refractivity contribution in [1.82, 2.24) is 19.5 Å². The predicted molar refractivity (Wildman–Crippen MR) is 127 cm³/mol. The fourth-order valence-corrected chi connectivity index (χ4v) is 6.92. The summed E-state index contributed by atoms with van der Waals surface area (Å²) in [6, 6.07) is 0. The number of nitrogen functional groups attached to an aromatic ring is 1. The van der Waals surface area contributed by atoms with Gasteiger partial charge in [-0.3, -0.25) is 13.6 Å². The molecule has 10 atom stereocenters. The lowest BCUT2D eigenvalue weighted by atomic mass is 10.1. The highest BCUT2D eigenvalue weighted by molar-refractivity contribution is 8.07. The molecule has 5 heterocycles. The van der Waals surface area contributed by atoms with Crippen LogP contribution in [0.15, 0.2) is 12.7 Å². The van der Waals surface area contributed by atoms with Crippen molar-refractivity contribution in [2.24, 2.45) is 0 Å². The van der Waals surface area contributed by atoms with E-state index in [1.165, 1.54) is 17.2 Å². The third-order valence-corrected chi connectivity index (χ3v) is 8.86. The van der Waals surface area contributed by atoms with E-state index in [2.05, 4.69) is 20.9 Å². The minimum absolute atomic E-state index is 0.0796. The maximum atomic E-state index is 15.7. The summed E-state index contributed by atoms with van der Waals surface area (Å²) in [6.07, 6.45) is -3.11. The number of hydrogen-bond donors (Lipinski definition) is 4. The van der Waals surface area contributed by atoms with Gasteiger partial charge in [0.15, 0.2) is 23.9 Å². The molecule has 3 fully saturated rings. The number of alkyl halides is 1. The lowest BCUT2D eigenvalue weighted by Crippen LogP contribution is -2.35. The lowest BCUT2D eigenvalue weighted by molar-refractivity contribution is -0.0459. The summed E-state index contributed by atoms with van der Waals surface area (Å²) in [5, 5.41) is 10.5. The molecule has 14 nitrogen and oxygen atoms in total. The van der Waals surface area contributed by atoms with Crippen LogP contribution in [-0.4, -0.2) is 90.4 Å². The number of hydrogen-bond acceptors (Lipinski definition) is 13. The zero-order valence-electron chi connectivity index (χ0n) is 18.0. The van der Waals surface area contributed by atoms with Gasteiger partial charge < -0.3 is 39.1 Å². The molecule has 19 heteroatoms. The Bertz CT molecular complexity index is 1300. The number of fused-ring (bicyclic) bond motifs is 4. The van der Waals surface area contributed by atoms with Crippen molar-refractivity contribution in [2.75, 3.05) is 18.9 Å². The summed E-state index contributed by atoms with van der Waals surface area (Å²) in [7, 11) is 0. The zero-order chi connectivity index (χ0) is 25.8. The molecule has 0 saturated carbocycles. The Morgan fingerprint density at radius 3 is 2.44 bits per heavy atom. The van der Waals surface area contributed by atoms with Crippen LogP contribution in [0.2, 0.25) is 0 Å². The van der Waals surface area contributed by atoms with E-state index in [4.69, 9.17) is 63.3 Å². The average Bonchev–Trinajstić information content (AvgIpc) is 3.46. The number of ether oxygens (including phenoxy) is 2. The number of aliphatic hydroxyl groups is 1. The summed E-state index contributed by atoms with van der Waals surface area (Å²) in [6.45, 7) is -9.17. The van der Waals surface area contributed by atoms with Crippen LogP contribution in [0.5, 0.6) is 0 Å². The standard InChI is InChI=1S/C17H20FN5O9P2S2/c1-2-7-14-12(24)8(29-7)3-27-33(25,35)31-13-9(4-28-34(26,36)32-14)30-17(10(13)18)23-6-22-11-15(19)20-5-21-16(11)23/h1,5-10,12-14,17,24H,3-4H2,(H,25,35)(H,26,36)(H2,19,20,21)/t7-,8+,9+,10+,12+,13+,14-,17+,33?,34?/m0/s1. The Morgan fingerprint density at radius 2 is 1.75 bits per heavy atom. The third-order valence-electron chi connectivity index (χ3n) is 5.74. The van der Waals surface area contributed by atoms with E-state index < -0.39 is 75.7 Å². The molecule has 2 aromatic heterocycles. The van der Waals surface area contributed by atoms with Crippen LogP contribution >= 0.6 is 13.4 Å². The molecule has 2 aromatic rings. The average molecular weight is 583 g/mol. The fraction of sp³-hybridized carbons (Fsp3) is 0.588. The molecule has 3 aliphatic rings. The lowest BCUT2D eigenvalue weighted by Gasteiger charge is -2.26. The van der Waals surface area contributed by atoms with Crippen LogP contribution in [0.1, 0.15) is 6.23 Å². The fourth-order valence-electron chi connectivity index (χ4n) is 4.06. The second kappa shape index (κ2) is 9.83. The van der Waals surface area contributed by atoms with Crippen molar-refractivity contribution >= 4 is 54.0 Å². The van der Waals surface area contributed by atoms with E-state index in [-0.39, 0.29) is 17.0 Å². The number of rotatable bonds is 1. The van der Waals surface area contributed by atoms with Crippen molar-refractivity contribution in [1.29, 1.82) is 0 Å². The normalized spacial score (nSPS) is 43.8. The van der Waals surface area contributed by atoms with E-state index in [9.17, 15) is 14.9 Å². The third kappa shape index (κ3) is 4.95. The maximum Gasteiger partial charge on any atom is 0.325 e. The minimum Gasteiger partial charge on any atom is -0.387 e. The van der Waals surface area contributed by atoms with E-state index >= 15 is 4.39 Å². The molecule has 2 unspecified atom stereocenters. The summed E-state index contributed by atoms with van der Waals surface area (Å²) in [5.74, 6) is 2.36. The molecule has 0 spiro atoms. The molecule has 2 bridgehead atoms. The second-order valence-corrected chi connectivity index (χ2v) is 13.6. The number of anilines is 1. The number of nitrogens with two attached hydrogens (primary N) is 1. The first-order valence-electron chi connectivity index (χ1n) is 10.3. The second-order valence-electron chi connectivity index (χ2n) is 8.01. The van der Waals surface area contributed by atoms with Gasteiger partial charge in [0.25, 0.3) is 0 Å². The van der Waals surface area contributed by atoms with Crippen molar-refractivity contribution in [3.63, 3.8) is 0 Å². The highest BCUT2D eigenvalue weighted by Gasteiger charge is 2.52. The van der Waals surface area contributed by atoms with Gasteiger partial charge in [-0.1, -0.05) is 5.92 Å². The minimum atomic E-state index is -4.11. The molecule has 0 radical (unpaired) electrons. The van der Waals surface area contributed by atoms with E-state index in [1.807, 2.05) is 0 Å². The van der Waals surface area contributed by atoms with Gasteiger partial charge >= 0.3 is 13.4 Å². The maximum absolute atomic E-state index is 15.7. The summed E-state index contributed by atoms with van der Waals surface area (Å²) >= 11 is 10.1. The van der Waals surface area contributed by atoms with Crippen molar-refractivity contribution in [3.05, 3.63) is 12.7 Å². The molecule has 0 aliphatic carbocycles. The zero-order valence-corrected chi connectivity index (χ0v) is 21.4. The number of aliphatic hydroxyl groups excluding tert-OH is 1. The van der Waals surface area contributed by atoms with Gasteiger partial charge in [-0.25, -0.2) is 19.3 Å². The predicted octanol–water partition coefficient (Wildman–Crippen LogP) is -0.344. The molecule has 36 heavy (non-hydrogen) atoms. The van der Waals surface area contributed by atoms with Crippen LogP contribution in [0, 0.1) is 12.3 Å². The molecule has 0 aromatic carbocycles. The van der Waals surface area contributed by atoms with Crippen LogP contribution < -0.4 is 5.73 Å². The Hall–Kier alpha value is -1.22. The molecular formula is C17H20FN5O9P2S2. The highest BCUT2D eigenvalue weighted by Crippen LogP contribution is 2.53. The largest absolute Gasteiger partial charge is 0.387 e. The van der Waals surface area contributed by atoms with Gasteiger partial charge in [-0.2, -0.15) is 0 Å². The van der Waals surface area contributed by atoms with E-state index in [1.54, 1.807) is 0 Å². The van der Waals surface area contributed by atoms with E-state index in [0.717, 1.165) is 0 Å². The molecule has 0 amide bonds. The SMILES string of the molecule is C#C[C@@H]1O[C@@H]2COP(O)(=S)O[C@H]3[C@@H](F)[C@H](n4cnc5c(N)ncnc54)O[C@@H]3COP(O)(=S)O[C@@H]1[C@@H]2O. The van der Waals surface area contributed by atoms with Gasteiger partial charge in [0.1, 0.15) is 48.5 Å². The summed E-state index contributed by atoms with van der Waals surface area (Å²) in [4.78, 5) is 33.3. The summed E-state index contributed by atoms with van der Waals surface area (Å²) < 4.78 is 49.9. The number of terminal acetylenes is 1. The van der Waals surface area contributed by atoms with Gasteiger partial charge in [0.05, 0.1) is 19.5 Å². The van der Waals surface area contributed by atoms with Gasteiger partial charge in [0, 0.05) is 0 Å². The smallest absolute Gasteiger partial charge is 0.325 e. The quantitative estimate of drug-likeness (QED) is 0.252. The molecule has 5 rings (SSSR count). The molecule has 5 N–H and O–H groups in total. The van der Waals surface area contributed by atoms with Crippen LogP contribution in [-0.2, 0) is 51.2 Å². The van der Waals surface area contributed by atoms with Crippen LogP contribution in [0.25, 0.3) is 11.2 Å². The van der Waals surface area contributed by atoms with Gasteiger partial charge in [-0.15, -0.1) is 6.42 Å². The Morgan fingerprint density at radius 1 is 1.08 bits per heavy atom. The molecular weight excluding hydrogens is 563 g/mol. The van der Waals surface area contributed by atoms with Crippen LogP contribution in [0.3, 0.4) is 0 Å². The highest BCUT2D eigenvalue weighted by atomic mass is 32.5. The molecule has 3 aliphatic heterocycles. The topological polar surface area (TPSA) is 186 Å². The Kier molecular flexibility index (Phi) is 7.20. The molecule has 3 saturated heterocycles. The number of halogens is 1. The molecule has 196 valence electrons. The van der Waals surface area contributed by atoms with Crippen LogP contribution in [0.4, 0.5) is 10.2 Å². The van der Waals surface area contributed by atoms with Gasteiger partial charge in [0.2, 0.25) is 0 Å². The van der Waals surface area contributed by atoms with Crippen molar-refractivity contribution in [2.45, 2.75) is 49.0 Å². The van der Waals surface area contributed by atoms with E-state index in [0.29, 0.717) is 0 Å². The summed E-state index contributed by atoms with van der Waals surface area (Å²) in [5.41, 5.74) is 6.21. The van der Waals surface area contributed by atoms with Gasteiger partial charge in [-0.05, 0) is 23.6 Å². The Labute approximate surface area is 213 Å². The first-order chi connectivity index (χ1) is 17.0. The number of nitrogens with zero attached hydrogens (tertiary/aromatic N) is 4.